The third kappa shape index (κ3) is 3.74. The van der Waals surface area contributed by atoms with Crippen LogP contribution in [-0.2, 0) is 34.8 Å². The summed E-state index contributed by atoms with van der Waals surface area (Å²) < 4.78 is 23.1. The van der Waals surface area contributed by atoms with E-state index in [0.717, 1.165) is 13.1 Å². The van der Waals surface area contributed by atoms with Gasteiger partial charge < -0.3 is 19.0 Å². The number of carbonyl (C=O) groups excluding carboxylic acids is 1. The van der Waals surface area contributed by atoms with Gasteiger partial charge in [0.2, 0.25) is 0 Å². The van der Waals surface area contributed by atoms with Crippen molar-refractivity contribution in [1.82, 2.24) is 14.0 Å². The quantitative estimate of drug-likeness (QED) is 0.376. The molecule has 3 aliphatic rings. The number of hydrogen-bond acceptors (Lipinski definition) is 6. The van der Waals surface area contributed by atoms with E-state index in [1.54, 1.807) is 19.1 Å². The minimum Gasteiger partial charge on any atom is -0.458 e. The number of hydrogen-bond donors (Lipinski definition) is 1. The number of benzene rings is 1. The lowest BCUT2D eigenvalue weighted by atomic mass is 9.86. The van der Waals surface area contributed by atoms with Gasteiger partial charge in [0, 0.05) is 36.6 Å². The number of carbonyl (C=O) groups is 1. The van der Waals surface area contributed by atoms with E-state index in [9.17, 15) is 23.9 Å². The van der Waals surface area contributed by atoms with Crippen molar-refractivity contribution in [2.24, 2.45) is 5.92 Å². The predicted molar refractivity (Wildman–Crippen MR) is 140 cm³/mol. The van der Waals surface area contributed by atoms with Crippen LogP contribution >= 0.6 is 0 Å². The van der Waals surface area contributed by atoms with Crippen LogP contribution in [0.3, 0.4) is 0 Å². The Morgan fingerprint density at radius 2 is 1.97 bits per heavy atom. The van der Waals surface area contributed by atoms with Gasteiger partial charge in [-0.1, -0.05) is 20.8 Å². The fraction of sp³-hybridized carbons (Fsp3) is 0.483. The monoisotopic (exact) mass is 521 g/mol. The molecule has 9 heteroatoms. The van der Waals surface area contributed by atoms with E-state index < -0.39 is 22.9 Å². The first-order valence-corrected chi connectivity index (χ1v) is 13.4. The second-order valence-electron chi connectivity index (χ2n) is 11.2. The molecule has 1 saturated carbocycles. The molecule has 2 aliphatic heterocycles. The molecule has 0 amide bonds. The number of cyclic esters (lactones) is 1. The average Bonchev–Trinajstić information content (AvgIpc) is 3.66. The Morgan fingerprint density at radius 1 is 1.21 bits per heavy atom. The molecule has 8 nitrogen and oxygen atoms in total. The van der Waals surface area contributed by atoms with Crippen LogP contribution in [0.1, 0.15) is 56.9 Å². The number of ether oxygens (including phenoxy) is 1. The Kier molecular flexibility index (Phi) is 5.84. The molecule has 2 aromatic heterocycles. The van der Waals surface area contributed by atoms with E-state index >= 15 is 0 Å². The molecule has 1 atom stereocenters. The summed E-state index contributed by atoms with van der Waals surface area (Å²) in [6.07, 6.45) is 2.37. The smallest absolute Gasteiger partial charge is 0.343 e. The molecule has 0 saturated heterocycles. The summed E-state index contributed by atoms with van der Waals surface area (Å²) >= 11 is 0. The number of pyridine rings is 2. The molecular weight excluding hydrogens is 489 g/mol. The maximum atomic E-state index is 14.4. The summed E-state index contributed by atoms with van der Waals surface area (Å²) in [6, 6.07) is 6.38. The van der Waals surface area contributed by atoms with Crippen LogP contribution in [0.2, 0.25) is 0 Å². The summed E-state index contributed by atoms with van der Waals surface area (Å²) in [5.41, 5.74) is -0.345. The maximum Gasteiger partial charge on any atom is 0.343 e. The number of nitrogens with zero attached hydrogens (tertiary/aromatic N) is 3. The highest BCUT2D eigenvalue weighted by Gasteiger charge is 2.45. The number of aromatic nitrogens is 2. The molecule has 3 aromatic rings. The highest BCUT2D eigenvalue weighted by Crippen LogP contribution is 2.38. The fourth-order valence-electron chi connectivity index (χ4n) is 6.13. The van der Waals surface area contributed by atoms with Gasteiger partial charge in [-0.15, -0.1) is 0 Å². The second kappa shape index (κ2) is 8.88. The van der Waals surface area contributed by atoms with Crippen LogP contribution in [0.4, 0.5) is 4.39 Å². The molecule has 38 heavy (non-hydrogen) atoms. The Bertz CT molecular complexity index is 1600. The van der Waals surface area contributed by atoms with Gasteiger partial charge in [-0.2, -0.15) is 0 Å². The van der Waals surface area contributed by atoms with E-state index in [0.29, 0.717) is 41.0 Å². The minimum absolute atomic E-state index is 0.0224. The van der Waals surface area contributed by atoms with Crippen molar-refractivity contribution in [3.63, 3.8) is 0 Å². The highest BCUT2D eigenvalue weighted by atomic mass is 19.1. The highest BCUT2D eigenvalue weighted by molar-refractivity contribution is 5.88. The van der Waals surface area contributed by atoms with Gasteiger partial charge in [0.1, 0.15) is 12.4 Å². The third-order valence-electron chi connectivity index (χ3n) is 8.22. The fourth-order valence-corrected chi connectivity index (χ4v) is 6.13. The van der Waals surface area contributed by atoms with Gasteiger partial charge in [-0.05, 0) is 49.4 Å². The van der Waals surface area contributed by atoms with E-state index in [2.05, 4.69) is 18.7 Å². The molecule has 0 spiro atoms. The number of aliphatic hydroxyl groups is 1. The summed E-state index contributed by atoms with van der Waals surface area (Å²) in [5, 5.41) is 11.4. The van der Waals surface area contributed by atoms with Gasteiger partial charge in [-0.25, -0.2) is 9.18 Å². The van der Waals surface area contributed by atoms with Crippen molar-refractivity contribution in [3.05, 3.63) is 67.5 Å². The lowest BCUT2D eigenvalue weighted by molar-refractivity contribution is -0.172. The Balaban J connectivity index is 1.55. The van der Waals surface area contributed by atoms with E-state index in [1.165, 1.54) is 29.5 Å². The molecule has 4 heterocycles. The van der Waals surface area contributed by atoms with Crippen molar-refractivity contribution < 1.29 is 19.0 Å². The Hall–Kier alpha value is -3.30. The van der Waals surface area contributed by atoms with Crippen molar-refractivity contribution in [1.29, 1.82) is 0 Å². The number of fused-ring (bicyclic) bond motifs is 5. The van der Waals surface area contributed by atoms with Crippen molar-refractivity contribution >= 4 is 16.9 Å². The lowest BCUT2D eigenvalue weighted by Crippen LogP contribution is -2.44. The number of halogens is 1. The zero-order chi connectivity index (χ0) is 26.9. The van der Waals surface area contributed by atoms with Crippen LogP contribution in [-0.4, -0.2) is 44.2 Å². The molecular formula is C29H32FN3O5. The topological polar surface area (TPSA) is 93.8 Å². The molecule has 0 unspecified atom stereocenters. The first kappa shape index (κ1) is 25.0. The van der Waals surface area contributed by atoms with Gasteiger partial charge >= 0.3 is 5.97 Å². The van der Waals surface area contributed by atoms with Crippen LogP contribution in [0.5, 0.6) is 0 Å². The standard InChI is InChI=1S/C29H32FN3O5/c1-4-29(37)21-12-23-25-24(14-33(23)27(35)20(21)15-38-28(29)36)32(10-9-31(13-16(2)3)18-6-7-18)22-8-5-17(30)11-19(22)26(25)34/h5,8,11-12,16,18,37H,4,6-7,9-10,13-15H2,1-3H3/t29-/m0/s1. The number of rotatable bonds is 7. The van der Waals surface area contributed by atoms with Gasteiger partial charge in [0.05, 0.1) is 34.6 Å². The molecule has 1 N–H and O–H groups in total. The zero-order valence-corrected chi connectivity index (χ0v) is 21.9. The van der Waals surface area contributed by atoms with Gasteiger partial charge in [0.25, 0.3) is 5.56 Å². The van der Waals surface area contributed by atoms with E-state index in [-0.39, 0.29) is 41.5 Å². The summed E-state index contributed by atoms with van der Waals surface area (Å²) in [4.78, 5) is 42.4. The van der Waals surface area contributed by atoms with Crippen molar-refractivity contribution in [2.75, 3.05) is 13.1 Å². The van der Waals surface area contributed by atoms with Gasteiger partial charge in [0.15, 0.2) is 11.0 Å². The molecule has 1 aromatic carbocycles. The van der Waals surface area contributed by atoms with E-state index in [4.69, 9.17) is 4.74 Å². The largest absolute Gasteiger partial charge is 0.458 e. The lowest BCUT2D eigenvalue weighted by Gasteiger charge is -2.31. The van der Waals surface area contributed by atoms with E-state index in [1.807, 2.05) is 4.57 Å². The Morgan fingerprint density at radius 3 is 2.66 bits per heavy atom. The van der Waals surface area contributed by atoms with Crippen molar-refractivity contribution in [3.8, 4) is 11.3 Å². The summed E-state index contributed by atoms with van der Waals surface area (Å²) in [5.74, 6) is -0.805. The normalized spacial score (nSPS) is 20.1. The predicted octanol–water partition coefficient (Wildman–Crippen LogP) is 3.11. The minimum atomic E-state index is -1.96. The molecule has 0 radical (unpaired) electrons. The average molecular weight is 522 g/mol. The molecule has 1 aliphatic carbocycles. The maximum absolute atomic E-state index is 14.4. The Labute approximate surface area is 219 Å². The molecule has 0 bridgehead atoms. The SMILES string of the molecule is CC[C@@]1(O)C(=O)OCc2c1cc1n(c2=O)Cc2c-1c(=O)c1cc(F)ccc1n2CCN(CC(C)C)C1CC1. The number of esters is 1. The first-order chi connectivity index (χ1) is 18.1. The summed E-state index contributed by atoms with van der Waals surface area (Å²) in [7, 11) is 0. The van der Waals surface area contributed by atoms with Crippen LogP contribution < -0.4 is 11.0 Å². The van der Waals surface area contributed by atoms with Crippen LogP contribution in [0, 0.1) is 11.7 Å². The van der Waals surface area contributed by atoms with Crippen LogP contribution in [0.25, 0.3) is 22.2 Å². The van der Waals surface area contributed by atoms with Crippen LogP contribution in [0.15, 0.2) is 33.9 Å². The molecule has 200 valence electrons. The zero-order valence-electron chi connectivity index (χ0n) is 21.9. The first-order valence-electron chi connectivity index (χ1n) is 13.4. The van der Waals surface area contributed by atoms with Gasteiger partial charge in [-0.3, -0.25) is 14.5 Å². The second-order valence-corrected chi connectivity index (χ2v) is 11.2. The molecule has 1 fully saturated rings. The molecule has 6 rings (SSSR count). The van der Waals surface area contributed by atoms with Crippen molar-refractivity contribution in [2.45, 2.75) is 71.4 Å². The third-order valence-corrected chi connectivity index (χ3v) is 8.22. The summed E-state index contributed by atoms with van der Waals surface area (Å²) in [6.45, 7) is 8.29.